The lowest BCUT2D eigenvalue weighted by Crippen LogP contribution is -2.41. The van der Waals surface area contributed by atoms with Gasteiger partial charge in [0, 0.05) is 24.5 Å². The van der Waals surface area contributed by atoms with Crippen molar-refractivity contribution < 1.29 is 18.8 Å². The Bertz CT molecular complexity index is 887. The molecule has 0 spiro atoms. The molecule has 2 N–H and O–H groups in total. The van der Waals surface area contributed by atoms with Gasteiger partial charge in [-0.25, -0.2) is 4.79 Å². The van der Waals surface area contributed by atoms with Gasteiger partial charge in [0.05, 0.1) is 6.26 Å². The Labute approximate surface area is 162 Å². The van der Waals surface area contributed by atoms with Crippen molar-refractivity contribution in [3.05, 3.63) is 48.4 Å². The molecule has 3 heterocycles. The highest BCUT2D eigenvalue weighted by Gasteiger charge is 2.51. The van der Waals surface area contributed by atoms with Crippen molar-refractivity contribution in [2.75, 3.05) is 29.9 Å². The maximum Gasteiger partial charge on any atom is 0.325 e. The van der Waals surface area contributed by atoms with E-state index in [1.165, 1.54) is 19.1 Å². The topological polar surface area (TPSA) is 94.9 Å². The highest BCUT2D eigenvalue weighted by atomic mass is 16.3. The second-order valence-corrected chi connectivity index (χ2v) is 7.21. The summed E-state index contributed by atoms with van der Waals surface area (Å²) in [6.07, 6.45) is 3.82. The fourth-order valence-electron chi connectivity index (χ4n) is 3.65. The van der Waals surface area contributed by atoms with Gasteiger partial charge in [0.1, 0.15) is 12.3 Å². The average molecular weight is 382 g/mol. The fourth-order valence-corrected chi connectivity index (χ4v) is 3.65. The first-order valence-electron chi connectivity index (χ1n) is 9.30. The van der Waals surface area contributed by atoms with E-state index >= 15 is 0 Å². The number of nitrogens with zero attached hydrogens (tertiary/aromatic N) is 2. The van der Waals surface area contributed by atoms with Crippen LogP contribution in [-0.2, 0) is 15.1 Å². The SMILES string of the molecule is CC1(c2ccco2)NC(=O)N(CC(=O)Nc2ccc(N3CCCC3)cc2)C1=O. The van der Waals surface area contributed by atoms with Crippen LogP contribution in [0.4, 0.5) is 16.2 Å². The van der Waals surface area contributed by atoms with E-state index in [0.717, 1.165) is 23.7 Å². The number of furan rings is 1. The van der Waals surface area contributed by atoms with Crippen LogP contribution < -0.4 is 15.5 Å². The first-order chi connectivity index (χ1) is 13.5. The highest BCUT2D eigenvalue weighted by Crippen LogP contribution is 2.29. The number of amides is 4. The summed E-state index contributed by atoms with van der Waals surface area (Å²) in [7, 11) is 0. The maximum absolute atomic E-state index is 12.7. The van der Waals surface area contributed by atoms with E-state index in [1.54, 1.807) is 19.1 Å². The van der Waals surface area contributed by atoms with Gasteiger partial charge in [-0.15, -0.1) is 0 Å². The number of anilines is 2. The summed E-state index contributed by atoms with van der Waals surface area (Å²) in [6, 6.07) is 10.2. The van der Waals surface area contributed by atoms with Crippen molar-refractivity contribution >= 4 is 29.2 Å². The standard InChI is InChI=1S/C20H22N4O4/c1-20(16-5-4-12-28-16)18(26)24(19(27)22-20)13-17(25)21-14-6-8-15(9-7-14)23-10-2-3-11-23/h4-9,12H,2-3,10-11,13H2,1H3,(H,21,25)(H,22,27). The van der Waals surface area contributed by atoms with Crippen LogP contribution in [0.15, 0.2) is 47.1 Å². The van der Waals surface area contributed by atoms with E-state index in [4.69, 9.17) is 4.42 Å². The fraction of sp³-hybridized carbons (Fsp3) is 0.350. The molecule has 8 nitrogen and oxygen atoms in total. The average Bonchev–Trinajstić information content (AvgIpc) is 3.42. The molecule has 2 fully saturated rings. The zero-order chi connectivity index (χ0) is 19.7. The number of nitrogens with one attached hydrogen (secondary N) is 2. The van der Waals surface area contributed by atoms with Crippen LogP contribution in [0, 0.1) is 0 Å². The third-order valence-corrected chi connectivity index (χ3v) is 5.21. The van der Waals surface area contributed by atoms with E-state index in [9.17, 15) is 14.4 Å². The molecule has 0 saturated carbocycles. The second kappa shape index (κ2) is 7.03. The van der Waals surface area contributed by atoms with Gasteiger partial charge in [0.2, 0.25) is 5.91 Å². The molecule has 1 atom stereocenters. The zero-order valence-electron chi connectivity index (χ0n) is 15.6. The monoisotopic (exact) mass is 382 g/mol. The Morgan fingerprint density at radius 2 is 1.89 bits per heavy atom. The van der Waals surface area contributed by atoms with E-state index in [-0.39, 0.29) is 6.54 Å². The number of hydrogen-bond donors (Lipinski definition) is 2. The molecule has 0 bridgehead atoms. The molecule has 4 amide bonds. The van der Waals surface area contributed by atoms with Gasteiger partial charge >= 0.3 is 6.03 Å². The third-order valence-electron chi connectivity index (χ3n) is 5.21. The minimum Gasteiger partial charge on any atom is -0.466 e. The van der Waals surface area contributed by atoms with Crippen LogP contribution in [0.5, 0.6) is 0 Å². The Morgan fingerprint density at radius 1 is 1.18 bits per heavy atom. The molecule has 146 valence electrons. The van der Waals surface area contributed by atoms with E-state index in [0.29, 0.717) is 11.4 Å². The Kier molecular flexibility index (Phi) is 4.54. The first-order valence-corrected chi connectivity index (χ1v) is 9.30. The van der Waals surface area contributed by atoms with E-state index in [1.807, 2.05) is 24.3 Å². The number of hydrogen-bond acceptors (Lipinski definition) is 5. The summed E-state index contributed by atoms with van der Waals surface area (Å²) < 4.78 is 5.27. The molecule has 2 aliphatic rings. The lowest BCUT2D eigenvalue weighted by atomic mass is 9.99. The minimum atomic E-state index is -1.31. The normalized spacial score (nSPS) is 21.9. The van der Waals surface area contributed by atoms with Gasteiger partial charge in [-0.3, -0.25) is 14.5 Å². The molecule has 0 radical (unpaired) electrons. The largest absolute Gasteiger partial charge is 0.466 e. The number of rotatable bonds is 5. The molecule has 4 rings (SSSR count). The molecular formula is C20H22N4O4. The van der Waals surface area contributed by atoms with Gasteiger partial charge in [-0.05, 0) is 56.2 Å². The van der Waals surface area contributed by atoms with Crippen LogP contribution in [0.25, 0.3) is 0 Å². The van der Waals surface area contributed by atoms with Crippen LogP contribution in [0.2, 0.25) is 0 Å². The number of imide groups is 1. The molecule has 1 aromatic heterocycles. The second-order valence-electron chi connectivity index (χ2n) is 7.21. The predicted octanol–water partition coefficient (Wildman–Crippen LogP) is 2.29. The molecular weight excluding hydrogens is 360 g/mol. The predicted molar refractivity (Wildman–Crippen MR) is 103 cm³/mol. The highest BCUT2D eigenvalue weighted by molar-refractivity contribution is 6.10. The first kappa shape index (κ1) is 18.1. The van der Waals surface area contributed by atoms with Crippen molar-refractivity contribution in [3.63, 3.8) is 0 Å². The van der Waals surface area contributed by atoms with Crippen molar-refractivity contribution in [1.82, 2.24) is 10.2 Å². The molecule has 8 heteroatoms. The lowest BCUT2D eigenvalue weighted by molar-refractivity contribution is -0.134. The van der Waals surface area contributed by atoms with Gasteiger partial charge in [-0.1, -0.05) is 0 Å². The number of carbonyl (C=O) groups is 3. The molecule has 28 heavy (non-hydrogen) atoms. The van der Waals surface area contributed by atoms with Crippen LogP contribution in [-0.4, -0.2) is 42.4 Å². The number of benzene rings is 1. The maximum atomic E-state index is 12.7. The van der Waals surface area contributed by atoms with Gasteiger partial charge in [0.25, 0.3) is 5.91 Å². The van der Waals surface area contributed by atoms with Crippen molar-refractivity contribution in [3.8, 4) is 0 Å². The summed E-state index contributed by atoms with van der Waals surface area (Å²) in [5, 5.41) is 5.33. The van der Waals surface area contributed by atoms with Crippen LogP contribution in [0.1, 0.15) is 25.5 Å². The molecule has 2 saturated heterocycles. The van der Waals surface area contributed by atoms with Crippen molar-refractivity contribution in [1.29, 1.82) is 0 Å². The van der Waals surface area contributed by atoms with Crippen molar-refractivity contribution in [2.45, 2.75) is 25.3 Å². The minimum absolute atomic E-state index is 0.325. The molecule has 0 aliphatic carbocycles. The van der Waals surface area contributed by atoms with Gasteiger partial charge in [0.15, 0.2) is 5.54 Å². The summed E-state index contributed by atoms with van der Waals surface area (Å²) >= 11 is 0. The van der Waals surface area contributed by atoms with Gasteiger partial charge in [-0.2, -0.15) is 0 Å². The molecule has 1 aromatic carbocycles. The lowest BCUT2D eigenvalue weighted by Gasteiger charge is -2.19. The Hall–Kier alpha value is -3.29. The van der Waals surface area contributed by atoms with Gasteiger partial charge < -0.3 is 20.0 Å². The zero-order valence-corrected chi connectivity index (χ0v) is 15.6. The van der Waals surface area contributed by atoms with Crippen molar-refractivity contribution in [2.24, 2.45) is 0 Å². The summed E-state index contributed by atoms with van der Waals surface area (Å²) in [5.74, 6) is -0.639. The molecule has 2 aliphatic heterocycles. The molecule has 1 unspecified atom stereocenters. The van der Waals surface area contributed by atoms with Crippen LogP contribution in [0.3, 0.4) is 0 Å². The van der Waals surface area contributed by atoms with Crippen LogP contribution >= 0.6 is 0 Å². The Morgan fingerprint density at radius 3 is 2.54 bits per heavy atom. The third kappa shape index (κ3) is 3.21. The number of urea groups is 1. The smallest absolute Gasteiger partial charge is 0.325 e. The number of carbonyl (C=O) groups excluding carboxylic acids is 3. The Balaban J connectivity index is 1.39. The summed E-state index contributed by atoms with van der Waals surface area (Å²) in [6.45, 7) is 3.29. The van der Waals surface area contributed by atoms with E-state index in [2.05, 4.69) is 15.5 Å². The van der Waals surface area contributed by atoms with E-state index < -0.39 is 23.4 Å². The summed E-state index contributed by atoms with van der Waals surface area (Å²) in [5.41, 5.74) is 0.436. The summed E-state index contributed by atoms with van der Waals surface area (Å²) in [4.78, 5) is 40.5. The quantitative estimate of drug-likeness (QED) is 0.774. The molecule has 2 aromatic rings.